The standard InChI is InChI=1S/C82H50/c1-3-21-55-47-57(43-39-51(55)19-1)77-65-29-9-13-33-69(65)81(70-34-14-10-30-66(70)77)73-37-17-23-53-41-45-59(49-75(53)73)79-61-25-5-7-27-63(61)80(64-28-8-6-26-62(64)79)60-46-42-54-24-18-38-74(76(54)50-60)82-71-35-15-11-31-67(71)78(68-32-12-16-36-72(68)82)58-44-40-52-20-2-4-22-56(52)48-58/h1-50H. The first-order chi connectivity index (χ1) is 40.7. The van der Waals surface area contributed by atoms with Gasteiger partial charge in [-0.25, -0.2) is 0 Å². The lowest BCUT2D eigenvalue weighted by molar-refractivity contribution is 1.66. The molecule has 0 spiro atoms. The first kappa shape index (κ1) is 46.3. The van der Waals surface area contributed by atoms with Crippen molar-refractivity contribution in [2.45, 2.75) is 0 Å². The van der Waals surface area contributed by atoms with E-state index in [1.807, 2.05) is 0 Å². The van der Waals surface area contributed by atoms with Gasteiger partial charge in [0.05, 0.1) is 0 Å². The second kappa shape index (κ2) is 18.5. The molecular formula is C82H50. The van der Waals surface area contributed by atoms with Gasteiger partial charge in [0.25, 0.3) is 0 Å². The van der Waals surface area contributed by atoms with E-state index >= 15 is 0 Å². The fourth-order valence-electron chi connectivity index (χ4n) is 14.2. The van der Waals surface area contributed by atoms with Crippen LogP contribution in [0.4, 0.5) is 0 Å². The van der Waals surface area contributed by atoms with Crippen LogP contribution in [0, 0.1) is 0 Å². The molecule has 0 aliphatic carbocycles. The molecule has 0 bridgehead atoms. The Bertz CT molecular complexity index is 5010. The lowest BCUT2D eigenvalue weighted by atomic mass is 9.82. The quantitative estimate of drug-likeness (QED) is 0.146. The van der Waals surface area contributed by atoms with Crippen LogP contribution in [0.25, 0.3) is 174 Å². The number of benzene rings is 17. The maximum Gasteiger partial charge on any atom is -0.00201 e. The Hall–Kier alpha value is -10.7. The number of fused-ring (bicyclic) bond motifs is 10. The minimum absolute atomic E-state index is 1.20. The summed E-state index contributed by atoms with van der Waals surface area (Å²) in [5.74, 6) is 0. The highest BCUT2D eigenvalue weighted by Gasteiger charge is 2.23. The Balaban J connectivity index is 0.861. The molecule has 0 nitrogen and oxygen atoms in total. The van der Waals surface area contributed by atoms with Crippen LogP contribution in [-0.4, -0.2) is 0 Å². The van der Waals surface area contributed by atoms with Crippen molar-refractivity contribution in [2.24, 2.45) is 0 Å². The van der Waals surface area contributed by atoms with Crippen LogP contribution in [0.2, 0.25) is 0 Å². The molecule has 378 valence electrons. The monoisotopic (exact) mass is 1030 g/mol. The van der Waals surface area contributed by atoms with E-state index in [0.29, 0.717) is 0 Å². The molecule has 0 aromatic heterocycles. The molecule has 0 N–H and O–H groups in total. The second-order valence-corrected chi connectivity index (χ2v) is 22.1. The van der Waals surface area contributed by atoms with Crippen LogP contribution in [0.5, 0.6) is 0 Å². The van der Waals surface area contributed by atoms with E-state index < -0.39 is 0 Å². The molecule has 82 heavy (non-hydrogen) atoms. The van der Waals surface area contributed by atoms with Crippen molar-refractivity contribution in [3.05, 3.63) is 303 Å². The van der Waals surface area contributed by atoms with Crippen molar-refractivity contribution in [3.8, 4) is 66.8 Å². The summed E-state index contributed by atoms with van der Waals surface area (Å²) >= 11 is 0. The highest BCUT2D eigenvalue weighted by molar-refractivity contribution is 6.27. The Morgan fingerprint density at radius 2 is 0.341 bits per heavy atom. The van der Waals surface area contributed by atoms with Gasteiger partial charge in [-0.05, 0) is 199 Å². The highest BCUT2D eigenvalue weighted by atomic mass is 14.3. The van der Waals surface area contributed by atoms with E-state index in [1.54, 1.807) is 0 Å². The van der Waals surface area contributed by atoms with Crippen molar-refractivity contribution in [3.63, 3.8) is 0 Å². The molecular weight excluding hydrogens is 985 g/mol. The SMILES string of the molecule is c1ccc2cc(-c3c4ccccc4c(-c4cccc5ccc(-c6c7ccccc7c(-c7ccc8cccc(-c9c%10ccccc%10c(-c%10ccc%11ccccc%11c%10)c%10ccccc9%10)c8c7)c7ccccc67)cc45)c4ccccc34)ccc2c1. The van der Waals surface area contributed by atoms with Crippen molar-refractivity contribution in [2.75, 3.05) is 0 Å². The zero-order valence-electron chi connectivity index (χ0n) is 44.9. The van der Waals surface area contributed by atoms with E-state index in [9.17, 15) is 0 Å². The highest BCUT2D eigenvalue weighted by Crippen LogP contribution is 2.50. The third-order valence-electron chi connectivity index (χ3n) is 17.8. The van der Waals surface area contributed by atoms with Gasteiger partial charge in [-0.3, -0.25) is 0 Å². The Labute approximate surface area is 475 Å². The molecule has 0 aliphatic rings. The molecule has 0 radical (unpaired) electrons. The van der Waals surface area contributed by atoms with Crippen molar-refractivity contribution >= 4 is 108 Å². The largest absolute Gasteiger partial charge is 0.0616 e. The lowest BCUT2D eigenvalue weighted by Gasteiger charge is -2.21. The normalized spacial score (nSPS) is 11.9. The van der Waals surface area contributed by atoms with Crippen LogP contribution in [-0.2, 0) is 0 Å². The van der Waals surface area contributed by atoms with Gasteiger partial charge in [0, 0.05) is 0 Å². The summed E-state index contributed by atoms with van der Waals surface area (Å²) in [5.41, 5.74) is 14.9. The fourth-order valence-corrected chi connectivity index (χ4v) is 14.2. The average Bonchev–Trinajstić information content (AvgIpc) is 3.00. The van der Waals surface area contributed by atoms with Crippen LogP contribution >= 0.6 is 0 Å². The van der Waals surface area contributed by atoms with Crippen LogP contribution < -0.4 is 0 Å². The van der Waals surface area contributed by atoms with E-state index in [0.717, 1.165) is 0 Å². The number of hydrogen-bond acceptors (Lipinski definition) is 0. The van der Waals surface area contributed by atoms with E-state index in [-0.39, 0.29) is 0 Å². The Kier molecular flexibility index (Phi) is 10.4. The predicted molar refractivity (Wildman–Crippen MR) is 354 cm³/mol. The number of hydrogen-bond donors (Lipinski definition) is 0. The summed E-state index contributed by atoms with van der Waals surface area (Å²) in [7, 11) is 0. The van der Waals surface area contributed by atoms with Gasteiger partial charge in [-0.15, -0.1) is 0 Å². The van der Waals surface area contributed by atoms with Crippen LogP contribution in [0.1, 0.15) is 0 Å². The van der Waals surface area contributed by atoms with E-state index in [2.05, 4.69) is 303 Å². The fraction of sp³-hybridized carbons (Fsp3) is 0. The van der Waals surface area contributed by atoms with Crippen LogP contribution in [0.3, 0.4) is 0 Å². The molecule has 0 aliphatic heterocycles. The topological polar surface area (TPSA) is 0 Å². The van der Waals surface area contributed by atoms with E-state index in [4.69, 9.17) is 0 Å². The molecule has 0 fully saturated rings. The lowest BCUT2D eigenvalue weighted by Crippen LogP contribution is -1.93. The molecule has 0 heterocycles. The minimum atomic E-state index is 1.20. The first-order valence-corrected chi connectivity index (χ1v) is 28.6. The van der Waals surface area contributed by atoms with Gasteiger partial charge < -0.3 is 0 Å². The summed E-state index contributed by atoms with van der Waals surface area (Å²) in [4.78, 5) is 0. The number of rotatable bonds is 6. The zero-order valence-corrected chi connectivity index (χ0v) is 44.9. The second-order valence-electron chi connectivity index (χ2n) is 22.1. The summed E-state index contributed by atoms with van der Waals surface area (Å²) in [6.45, 7) is 0. The van der Waals surface area contributed by atoms with Crippen molar-refractivity contribution in [1.82, 2.24) is 0 Å². The zero-order chi connectivity index (χ0) is 53.8. The molecule has 0 saturated heterocycles. The smallest absolute Gasteiger partial charge is 0.00201 e. The average molecular weight is 1040 g/mol. The Morgan fingerprint density at radius 3 is 0.634 bits per heavy atom. The van der Waals surface area contributed by atoms with Gasteiger partial charge in [0.15, 0.2) is 0 Å². The van der Waals surface area contributed by atoms with Crippen molar-refractivity contribution in [1.29, 1.82) is 0 Å². The van der Waals surface area contributed by atoms with Gasteiger partial charge in [-0.2, -0.15) is 0 Å². The molecule has 0 saturated carbocycles. The van der Waals surface area contributed by atoms with Gasteiger partial charge in [0.1, 0.15) is 0 Å². The molecule has 0 unspecified atom stereocenters. The maximum atomic E-state index is 2.47. The first-order valence-electron chi connectivity index (χ1n) is 28.6. The molecule has 17 rings (SSSR count). The summed E-state index contributed by atoms with van der Waals surface area (Å²) in [6, 6.07) is 114. The minimum Gasteiger partial charge on any atom is -0.0616 e. The third kappa shape index (κ3) is 7.12. The van der Waals surface area contributed by atoms with E-state index in [1.165, 1.54) is 174 Å². The van der Waals surface area contributed by atoms with Gasteiger partial charge >= 0.3 is 0 Å². The van der Waals surface area contributed by atoms with Gasteiger partial charge in [0.2, 0.25) is 0 Å². The Morgan fingerprint density at radius 1 is 0.122 bits per heavy atom. The summed E-state index contributed by atoms with van der Waals surface area (Å²) < 4.78 is 0. The molecule has 17 aromatic carbocycles. The van der Waals surface area contributed by atoms with Gasteiger partial charge in [-0.1, -0.05) is 279 Å². The summed E-state index contributed by atoms with van der Waals surface area (Å²) in [5, 5.41) is 24.9. The van der Waals surface area contributed by atoms with Crippen LogP contribution in [0.15, 0.2) is 303 Å². The summed E-state index contributed by atoms with van der Waals surface area (Å²) in [6.07, 6.45) is 0. The third-order valence-corrected chi connectivity index (χ3v) is 17.8. The molecule has 0 atom stereocenters. The predicted octanol–water partition coefficient (Wildman–Crippen LogP) is 23.2. The van der Waals surface area contributed by atoms with Crippen molar-refractivity contribution < 1.29 is 0 Å². The molecule has 17 aromatic rings. The molecule has 0 heteroatoms. The molecule has 0 amide bonds. The maximum absolute atomic E-state index is 2.47.